The van der Waals surface area contributed by atoms with Crippen LogP contribution in [-0.4, -0.2) is 20.7 Å². The highest BCUT2D eigenvalue weighted by Gasteiger charge is 2.16. The van der Waals surface area contributed by atoms with E-state index in [1.807, 2.05) is 6.92 Å². The Bertz CT molecular complexity index is 479. The zero-order valence-electron chi connectivity index (χ0n) is 8.80. The number of rotatable bonds is 3. The number of nitrogens with one attached hydrogen (secondary N) is 1. The molecule has 2 heterocycles. The lowest BCUT2D eigenvalue weighted by Crippen LogP contribution is -2.26. The van der Waals surface area contributed by atoms with Gasteiger partial charge in [0.1, 0.15) is 0 Å². The first-order valence-electron chi connectivity index (χ1n) is 4.68. The molecule has 0 saturated carbocycles. The molecule has 2 aromatic heterocycles. The fraction of sp³-hybridized carbons (Fsp3) is 0.333. The minimum atomic E-state index is -0.305. The van der Waals surface area contributed by atoms with Crippen molar-refractivity contribution in [3.05, 3.63) is 28.6 Å². The maximum absolute atomic E-state index is 11.7. The van der Waals surface area contributed by atoms with E-state index in [0.29, 0.717) is 5.69 Å². The monoisotopic (exact) mass is 238 g/mol. The molecule has 16 heavy (non-hydrogen) atoms. The van der Waals surface area contributed by atoms with Gasteiger partial charge in [0.25, 0.3) is 5.91 Å². The Balaban J connectivity index is 2.03. The lowest BCUT2D eigenvalue weighted by atomic mass is 10.2. The lowest BCUT2D eigenvalue weighted by molar-refractivity contribution is 0.0902. The molecule has 1 N–H and O–H groups in total. The third-order valence-corrected chi connectivity index (χ3v) is 2.54. The van der Waals surface area contributed by atoms with Crippen molar-refractivity contribution in [2.75, 3.05) is 0 Å². The molecule has 0 spiro atoms. The van der Waals surface area contributed by atoms with Gasteiger partial charge in [0.05, 0.1) is 17.4 Å². The van der Waals surface area contributed by atoms with Gasteiger partial charge < -0.3 is 9.84 Å². The molecule has 0 aliphatic rings. The van der Waals surface area contributed by atoms with Crippen molar-refractivity contribution in [1.29, 1.82) is 0 Å². The number of carbonyl (C=O) groups is 1. The van der Waals surface area contributed by atoms with E-state index in [1.165, 1.54) is 11.5 Å². The van der Waals surface area contributed by atoms with Crippen LogP contribution >= 0.6 is 11.5 Å². The van der Waals surface area contributed by atoms with Crippen molar-refractivity contribution in [1.82, 2.24) is 20.1 Å². The second kappa shape index (κ2) is 4.40. The van der Waals surface area contributed by atoms with E-state index in [1.54, 1.807) is 18.4 Å². The van der Waals surface area contributed by atoms with Gasteiger partial charge in [-0.3, -0.25) is 4.79 Å². The smallest absolute Gasteiger partial charge is 0.290 e. The van der Waals surface area contributed by atoms with E-state index in [4.69, 9.17) is 4.52 Å². The molecular weight excluding hydrogens is 228 g/mol. The van der Waals surface area contributed by atoms with Crippen molar-refractivity contribution in [3.8, 4) is 0 Å². The predicted octanol–water partition coefficient (Wildman–Crippen LogP) is 1.33. The fourth-order valence-corrected chi connectivity index (χ4v) is 1.72. The van der Waals surface area contributed by atoms with Crippen molar-refractivity contribution in [3.63, 3.8) is 0 Å². The van der Waals surface area contributed by atoms with Crippen LogP contribution in [0.3, 0.4) is 0 Å². The van der Waals surface area contributed by atoms with Crippen LogP contribution in [0.25, 0.3) is 0 Å². The Morgan fingerprint density at radius 3 is 3.00 bits per heavy atom. The van der Waals surface area contributed by atoms with Gasteiger partial charge in [-0.15, -0.1) is 5.10 Å². The maximum atomic E-state index is 11.7. The van der Waals surface area contributed by atoms with Gasteiger partial charge >= 0.3 is 0 Å². The highest BCUT2D eigenvalue weighted by molar-refractivity contribution is 7.03. The fourth-order valence-electron chi connectivity index (χ4n) is 1.17. The quantitative estimate of drug-likeness (QED) is 0.872. The summed E-state index contributed by atoms with van der Waals surface area (Å²) in [5, 5.41) is 12.1. The van der Waals surface area contributed by atoms with Crippen LogP contribution in [0.2, 0.25) is 0 Å². The van der Waals surface area contributed by atoms with E-state index in [2.05, 4.69) is 20.1 Å². The Labute approximate surface area is 95.8 Å². The Morgan fingerprint density at radius 2 is 2.44 bits per heavy atom. The Hall–Kier alpha value is -1.76. The van der Waals surface area contributed by atoms with Gasteiger partial charge in [0, 0.05) is 11.4 Å². The average Bonchev–Trinajstić information content (AvgIpc) is 2.87. The van der Waals surface area contributed by atoms with Crippen LogP contribution in [0.4, 0.5) is 0 Å². The summed E-state index contributed by atoms with van der Waals surface area (Å²) in [5.74, 6) is -0.103. The molecule has 0 saturated heterocycles. The van der Waals surface area contributed by atoms with Gasteiger partial charge in [0.15, 0.2) is 0 Å². The molecule has 6 nitrogen and oxygen atoms in total. The first-order chi connectivity index (χ1) is 7.66. The summed E-state index contributed by atoms with van der Waals surface area (Å²) in [6, 6.07) is 1.39. The first-order valence-corrected chi connectivity index (χ1v) is 5.51. The number of aryl methyl sites for hydroxylation is 1. The number of hydrogen-bond acceptors (Lipinski definition) is 6. The molecule has 2 rings (SSSR count). The van der Waals surface area contributed by atoms with E-state index < -0.39 is 0 Å². The van der Waals surface area contributed by atoms with Gasteiger partial charge in [-0.25, -0.2) is 0 Å². The maximum Gasteiger partial charge on any atom is 0.290 e. The highest BCUT2D eigenvalue weighted by Crippen LogP contribution is 2.11. The summed E-state index contributed by atoms with van der Waals surface area (Å²) < 4.78 is 8.58. The molecule has 0 bridgehead atoms. The van der Waals surface area contributed by atoms with E-state index in [-0.39, 0.29) is 17.7 Å². The topological polar surface area (TPSA) is 80.9 Å². The van der Waals surface area contributed by atoms with Crippen LogP contribution in [0.5, 0.6) is 0 Å². The zero-order valence-corrected chi connectivity index (χ0v) is 9.61. The zero-order chi connectivity index (χ0) is 11.5. The molecule has 1 unspecified atom stereocenters. The number of amides is 1. The standard InChI is InChI=1S/C9H10N4O2S/c1-5-3-8(15-12-5)9(14)10-6(2)7-4-16-13-11-7/h3-4,6H,1-2H3,(H,10,14). The van der Waals surface area contributed by atoms with Crippen LogP contribution in [0, 0.1) is 6.92 Å². The van der Waals surface area contributed by atoms with Crippen molar-refractivity contribution >= 4 is 17.4 Å². The summed E-state index contributed by atoms with van der Waals surface area (Å²) in [6.45, 7) is 3.59. The molecule has 0 radical (unpaired) electrons. The number of hydrogen-bond donors (Lipinski definition) is 1. The molecular formula is C9H10N4O2S. The Morgan fingerprint density at radius 1 is 1.62 bits per heavy atom. The van der Waals surface area contributed by atoms with E-state index >= 15 is 0 Å². The molecule has 1 amide bonds. The lowest BCUT2D eigenvalue weighted by Gasteiger charge is -2.08. The summed E-state index contributed by atoms with van der Waals surface area (Å²) in [4.78, 5) is 11.7. The second-order valence-corrected chi connectivity index (χ2v) is 3.97. The van der Waals surface area contributed by atoms with Crippen LogP contribution < -0.4 is 5.32 Å². The summed E-state index contributed by atoms with van der Waals surface area (Å²) in [7, 11) is 0. The van der Waals surface area contributed by atoms with Crippen LogP contribution in [0.15, 0.2) is 16.0 Å². The van der Waals surface area contributed by atoms with Gasteiger partial charge in [-0.05, 0) is 25.4 Å². The SMILES string of the molecule is Cc1cc(C(=O)NC(C)c2csnn2)on1. The molecule has 2 aromatic rings. The molecule has 0 aliphatic heterocycles. The average molecular weight is 238 g/mol. The summed E-state index contributed by atoms with van der Waals surface area (Å²) in [6.07, 6.45) is 0. The summed E-state index contributed by atoms with van der Waals surface area (Å²) >= 11 is 1.25. The largest absolute Gasteiger partial charge is 0.351 e. The number of nitrogens with zero attached hydrogens (tertiary/aromatic N) is 3. The van der Waals surface area contributed by atoms with Gasteiger partial charge in [0.2, 0.25) is 5.76 Å². The Kier molecular flexibility index (Phi) is 2.95. The minimum Gasteiger partial charge on any atom is -0.351 e. The molecule has 84 valence electrons. The highest BCUT2D eigenvalue weighted by atomic mass is 32.1. The number of aromatic nitrogens is 3. The van der Waals surface area contributed by atoms with Crippen molar-refractivity contribution in [2.24, 2.45) is 0 Å². The van der Waals surface area contributed by atoms with Crippen LogP contribution in [-0.2, 0) is 0 Å². The van der Waals surface area contributed by atoms with E-state index in [0.717, 1.165) is 5.69 Å². The normalized spacial score (nSPS) is 12.4. The molecule has 0 aromatic carbocycles. The second-order valence-electron chi connectivity index (χ2n) is 3.36. The molecule has 0 aliphatic carbocycles. The predicted molar refractivity (Wildman–Crippen MR) is 57.0 cm³/mol. The van der Waals surface area contributed by atoms with E-state index in [9.17, 15) is 4.79 Å². The van der Waals surface area contributed by atoms with Crippen molar-refractivity contribution in [2.45, 2.75) is 19.9 Å². The van der Waals surface area contributed by atoms with Gasteiger partial charge in [-0.1, -0.05) is 9.64 Å². The van der Waals surface area contributed by atoms with Gasteiger partial charge in [-0.2, -0.15) is 0 Å². The molecule has 1 atom stereocenters. The third-order valence-electron chi connectivity index (χ3n) is 2.02. The summed E-state index contributed by atoms with van der Waals surface area (Å²) in [5.41, 5.74) is 1.41. The third kappa shape index (κ3) is 2.25. The molecule has 7 heteroatoms. The minimum absolute atomic E-state index is 0.198. The number of carbonyl (C=O) groups excluding carboxylic acids is 1. The van der Waals surface area contributed by atoms with Crippen molar-refractivity contribution < 1.29 is 9.32 Å². The molecule has 0 fully saturated rings. The van der Waals surface area contributed by atoms with Crippen LogP contribution in [0.1, 0.15) is 34.9 Å². The first kappa shape index (κ1) is 10.7.